The average Bonchev–Trinajstić information content (AvgIpc) is 2.52. The van der Waals surface area contributed by atoms with Gasteiger partial charge in [-0.15, -0.1) is 0 Å². The third-order valence-electron chi connectivity index (χ3n) is 3.55. The largest absolute Gasteiger partial charge is 0.619 e. The van der Waals surface area contributed by atoms with E-state index < -0.39 is 6.10 Å². The van der Waals surface area contributed by atoms with Crippen LogP contribution in [0.15, 0.2) is 29.7 Å². The maximum atomic E-state index is 11.2. The molecule has 1 N–H and O–H groups in total. The number of oxime groups is 1. The highest BCUT2D eigenvalue weighted by Gasteiger charge is 2.15. The number of methoxy groups -OCH3 is 1. The highest BCUT2D eigenvalue weighted by molar-refractivity contribution is 5.92. The fraction of sp³-hybridized carbons (Fsp3) is 0.600. The van der Waals surface area contributed by atoms with Gasteiger partial charge in [-0.05, 0) is 37.2 Å². The van der Waals surface area contributed by atoms with Gasteiger partial charge >= 0.3 is 0 Å². The fourth-order valence-corrected chi connectivity index (χ4v) is 2.46. The number of hydrogen-bond donors (Lipinski definition) is 1. The molecule has 1 fully saturated rings. The molecule has 0 amide bonds. The van der Waals surface area contributed by atoms with E-state index in [-0.39, 0.29) is 12.5 Å². The van der Waals surface area contributed by atoms with Gasteiger partial charge in [-0.2, -0.15) is 4.73 Å². The van der Waals surface area contributed by atoms with Crippen molar-refractivity contribution in [3.05, 3.63) is 35.3 Å². The molecule has 1 atom stereocenters. The number of piperidine rings is 1. The zero-order valence-electron chi connectivity index (χ0n) is 12.9. The summed E-state index contributed by atoms with van der Waals surface area (Å²) in [5.74, 6) is 0.204. The van der Waals surface area contributed by atoms with E-state index in [1.807, 2.05) is 0 Å². The second kappa shape index (κ2) is 8.55. The van der Waals surface area contributed by atoms with Gasteiger partial charge in [-0.1, -0.05) is 6.42 Å². The number of ether oxygens (including phenoxy) is 1. The van der Waals surface area contributed by atoms with Crippen LogP contribution in [0.4, 0.5) is 0 Å². The number of β-amino-alcohol motifs (C(OH)–C–C–N with tert-alkyl or cyclic N) is 1. The van der Waals surface area contributed by atoms with Crippen LogP contribution >= 0.6 is 0 Å². The van der Waals surface area contributed by atoms with Crippen molar-refractivity contribution in [1.29, 1.82) is 0 Å². The first kappa shape index (κ1) is 16.5. The minimum Gasteiger partial charge on any atom is -0.619 e. The lowest BCUT2D eigenvalue weighted by molar-refractivity contribution is -0.605. The molecule has 7 nitrogen and oxygen atoms in total. The first-order valence-corrected chi connectivity index (χ1v) is 7.52. The van der Waals surface area contributed by atoms with Gasteiger partial charge < -0.3 is 24.8 Å². The Bertz CT molecular complexity index is 489. The second-order valence-corrected chi connectivity index (χ2v) is 5.36. The molecule has 0 bridgehead atoms. The van der Waals surface area contributed by atoms with E-state index in [4.69, 9.17) is 9.57 Å². The lowest BCUT2D eigenvalue weighted by atomic mass is 10.1. The topological polar surface area (TPSA) is 81.2 Å². The Morgan fingerprint density at radius 3 is 2.91 bits per heavy atom. The summed E-state index contributed by atoms with van der Waals surface area (Å²) in [6.45, 7) is 2.73. The summed E-state index contributed by atoms with van der Waals surface area (Å²) >= 11 is 0. The lowest BCUT2D eigenvalue weighted by Crippen LogP contribution is -2.38. The summed E-state index contributed by atoms with van der Waals surface area (Å²) in [5.41, 5.74) is 0.519. The van der Waals surface area contributed by atoms with E-state index in [2.05, 4.69) is 10.1 Å². The van der Waals surface area contributed by atoms with Gasteiger partial charge in [0.15, 0.2) is 12.4 Å². The molecule has 0 spiro atoms. The molecule has 1 aromatic heterocycles. The summed E-state index contributed by atoms with van der Waals surface area (Å²) in [6.07, 6.45) is 5.75. The monoisotopic (exact) mass is 309 g/mol. The number of aromatic nitrogens is 1. The zero-order valence-corrected chi connectivity index (χ0v) is 12.9. The Hall–Kier alpha value is -1.86. The number of aliphatic hydroxyl groups excluding tert-OH is 1. The van der Waals surface area contributed by atoms with Crippen LogP contribution < -0.4 is 4.73 Å². The van der Waals surface area contributed by atoms with E-state index in [1.54, 1.807) is 12.1 Å². The molecule has 0 aromatic carbocycles. The zero-order chi connectivity index (χ0) is 15.8. The van der Waals surface area contributed by atoms with Crippen LogP contribution in [0.1, 0.15) is 24.8 Å². The highest BCUT2D eigenvalue weighted by atomic mass is 16.7. The van der Waals surface area contributed by atoms with Crippen LogP contribution in [0.5, 0.6) is 0 Å². The van der Waals surface area contributed by atoms with Crippen molar-refractivity contribution in [2.75, 3.05) is 33.4 Å². The third kappa shape index (κ3) is 5.16. The highest BCUT2D eigenvalue weighted by Crippen LogP contribution is 2.09. The molecule has 122 valence electrons. The number of aliphatic hydroxyl groups is 1. The smallest absolute Gasteiger partial charge is 0.263 e. The van der Waals surface area contributed by atoms with E-state index in [0.29, 0.717) is 16.8 Å². The summed E-state index contributed by atoms with van der Waals surface area (Å²) in [5, 5.41) is 25.1. The Morgan fingerprint density at radius 2 is 2.23 bits per heavy atom. The van der Waals surface area contributed by atoms with Gasteiger partial charge in [-0.25, -0.2) is 0 Å². The van der Waals surface area contributed by atoms with Crippen LogP contribution in [-0.4, -0.2) is 55.4 Å². The van der Waals surface area contributed by atoms with Crippen molar-refractivity contribution in [3.63, 3.8) is 0 Å². The van der Waals surface area contributed by atoms with Crippen LogP contribution in [0, 0.1) is 5.21 Å². The van der Waals surface area contributed by atoms with E-state index in [0.717, 1.165) is 13.1 Å². The Labute approximate surface area is 130 Å². The molecule has 1 aliphatic rings. The SMILES string of the molecule is CO/C(=N\OCC(O)CN1CCCCC1)c1ccc[n+]([O-])c1. The minimum absolute atomic E-state index is 0.0908. The van der Waals surface area contributed by atoms with Crippen molar-refractivity contribution >= 4 is 5.90 Å². The van der Waals surface area contributed by atoms with Gasteiger partial charge in [0.1, 0.15) is 18.3 Å². The Morgan fingerprint density at radius 1 is 1.45 bits per heavy atom. The molecule has 22 heavy (non-hydrogen) atoms. The molecule has 1 saturated heterocycles. The molecule has 7 heteroatoms. The number of nitrogens with zero attached hydrogens (tertiary/aromatic N) is 3. The van der Waals surface area contributed by atoms with Gasteiger partial charge in [0.05, 0.1) is 7.11 Å². The Kier molecular flexibility index (Phi) is 6.42. The van der Waals surface area contributed by atoms with Gasteiger partial charge in [0.25, 0.3) is 5.90 Å². The molecule has 0 aliphatic carbocycles. The van der Waals surface area contributed by atoms with Crippen LogP contribution in [0.25, 0.3) is 0 Å². The second-order valence-electron chi connectivity index (χ2n) is 5.36. The first-order chi connectivity index (χ1) is 10.7. The molecular weight excluding hydrogens is 286 g/mol. The summed E-state index contributed by atoms with van der Waals surface area (Å²) in [6, 6.07) is 3.30. The van der Waals surface area contributed by atoms with Crippen LogP contribution in [0.2, 0.25) is 0 Å². The van der Waals surface area contributed by atoms with Gasteiger partial charge in [0.2, 0.25) is 0 Å². The predicted octanol–water partition coefficient (Wildman–Crippen LogP) is 0.491. The van der Waals surface area contributed by atoms with Crippen molar-refractivity contribution in [2.45, 2.75) is 25.4 Å². The number of rotatable bonds is 6. The summed E-state index contributed by atoms with van der Waals surface area (Å²) in [4.78, 5) is 7.39. The first-order valence-electron chi connectivity index (χ1n) is 7.52. The number of hydrogen-bond acceptors (Lipinski definition) is 6. The molecule has 1 unspecified atom stereocenters. The molecule has 1 aromatic rings. The van der Waals surface area contributed by atoms with Crippen molar-refractivity contribution in [3.8, 4) is 0 Å². The quantitative estimate of drug-likeness (QED) is 0.272. The maximum absolute atomic E-state index is 11.2. The fourth-order valence-electron chi connectivity index (χ4n) is 2.46. The molecule has 0 radical (unpaired) electrons. The standard InChI is InChI=1S/C15H23N3O4/c1-21-15(13-6-5-9-18(20)10-13)16-22-12-14(19)11-17-7-3-2-4-8-17/h5-6,9-10,14,19H,2-4,7-8,11-12H2,1H3/b16-15-. The van der Waals surface area contributed by atoms with Crippen LogP contribution in [0.3, 0.4) is 0 Å². The van der Waals surface area contributed by atoms with E-state index >= 15 is 0 Å². The molecule has 1 aliphatic heterocycles. The van der Waals surface area contributed by atoms with Crippen molar-refractivity contribution < 1.29 is 19.4 Å². The van der Waals surface area contributed by atoms with Gasteiger partial charge in [-0.3, -0.25) is 0 Å². The summed E-state index contributed by atoms with van der Waals surface area (Å²) in [7, 11) is 1.45. The van der Waals surface area contributed by atoms with E-state index in [1.165, 1.54) is 38.8 Å². The normalized spacial score (nSPS) is 18.0. The van der Waals surface area contributed by atoms with Crippen molar-refractivity contribution in [1.82, 2.24) is 4.90 Å². The lowest BCUT2D eigenvalue weighted by Gasteiger charge is -2.27. The molecular formula is C15H23N3O4. The van der Waals surface area contributed by atoms with E-state index in [9.17, 15) is 10.3 Å². The number of likely N-dealkylation sites (tertiary alicyclic amines) is 1. The Balaban J connectivity index is 1.81. The third-order valence-corrected chi connectivity index (χ3v) is 3.55. The van der Waals surface area contributed by atoms with Crippen LogP contribution in [-0.2, 0) is 9.57 Å². The van der Waals surface area contributed by atoms with Crippen molar-refractivity contribution in [2.24, 2.45) is 5.16 Å². The minimum atomic E-state index is -0.597. The maximum Gasteiger partial charge on any atom is 0.263 e. The summed E-state index contributed by atoms with van der Waals surface area (Å²) < 4.78 is 5.77. The van der Waals surface area contributed by atoms with Gasteiger partial charge in [0, 0.05) is 12.6 Å². The number of pyridine rings is 1. The molecule has 2 heterocycles. The average molecular weight is 309 g/mol. The molecule has 0 saturated carbocycles. The molecule has 2 rings (SSSR count). The predicted molar refractivity (Wildman–Crippen MR) is 81.2 cm³/mol.